The third-order valence-electron chi connectivity index (χ3n) is 8.45. The van der Waals surface area contributed by atoms with Crippen LogP contribution in [0.25, 0.3) is 0 Å². The van der Waals surface area contributed by atoms with Crippen molar-refractivity contribution < 1.29 is 19.1 Å². The van der Waals surface area contributed by atoms with Gasteiger partial charge in [0.05, 0.1) is 12.0 Å². The number of ether oxygens (including phenoxy) is 1. The van der Waals surface area contributed by atoms with E-state index in [0.29, 0.717) is 47.4 Å². The number of hydrogen-bond donors (Lipinski definition) is 2. The molecule has 7 nitrogen and oxygen atoms in total. The molecule has 1 spiro atoms. The molecule has 3 aliphatic heterocycles. The van der Waals surface area contributed by atoms with E-state index in [0.717, 1.165) is 20.3 Å². The van der Waals surface area contributed by atoms with Gasteiger partial charge in [0, 0.05) is 57.7 Å². The van der Waals surface area contributed by atoms with E-state index in [-0.39, 0.29) is 30.2 Å². The second-order valence-corrected chi connectivity index (χ2v) is 13.0. The summed E-state index contributed by atoms with van der Waals surface area (Å²) in [7, 11) is 0. The number of nitrogens with zero attached hydrogens (tertiary/aromatic N) is 1. The molecule has 0 aliphatic carbocycles. The molecule has 10 heteroatoms. The van der Waals surface area contributed by atoms with Gasteiger partial charge >= 0.3 is 0 Å². The van der Waals surface area contributed by atoms with Crippen LogP contribution in [0.3, 0.4) is 0 Å². The van der Waals surface area contributed by atoms with Crippen LogP contribution in [0.1, 0.15) is 54.8 Å². The first-order valence-electron chi connectivity index (χ1n) is 13.5. The third kappa shape index (κ3) is 5.19. The highest BCUT2D eigenvalue weighted by atomic mass is 127. The summed E-state index contributed by atoms with van der Waals surface area (Å²) in [5, 5.41) is 7.32. The molecule has 3 amide bonds. The summed E-state index contributed by atoms with van der Waals surface area (Å²) in [6.45, 7) is 2.83. The largest absolute Gasteiger partial charge is 0.490 e. The van der Waals surface area contributed by atoms with Gasteiger partial charge in [0.2, 0.25) is 17.7 Å². The predicted octanol–water partition coefficient (Wildman–Crippen LogP) is 6.22. The van der Waals surface area contributed by atoms with Gasteiger partial charge in [0.25, 0.3) is 0 Å². The molecule has 41 heavy (non-hydrogen) atoms. The Morgan fingerprint density at radius 2 is 1.78 bits per heavy atom. The zero-order chi connectivity index (χ0) is 28.9. The van der Waals surface area contributed by atoms with Gasteiger partial charge in [-0.1, -0.05) is 41.4 Å². The lowest BCUT2D eigenvalue weighted by atomic mass is 9.63. The molecule has 2 saturated heterocycles. The molecule has 6 rings (SSSR count). The topological polar surface area (TPSA) is 87.7 Å². The number of anilines is 1. The molecule has 3 aromatic carbocycles. The maximum Gasteiger partial charge on any atom is 0.237 e. The zero-order valence-corrected chi connectivity index (χ0v) is 25.9. The van der Waals surface area contributed by atoms with E-state index in [2.05, 4.69) is 33.2 Å². The highest BCUT2D eigenvalue weighted by Gasteiger charge is 2.58. The molecule has 0 unspecified atom stereocenters. The monoisotopic (exact) mass is 703 g/mol. The summed E-state index contributed by atoms with van der Waals surface area (Å²) < 4.78 is 7.52. The van der Waals surface area contributed by atoms with Gasteiger partial charge in [-0.25, -0.2) is 0 Å². The van der Waals surface area contributed by atoms with Gasteiger partial charge in [-0.15, -0.1) is 0 Å². The highest BCUT2D eigenvalue weighted by molar-refractivity contribution is 14.1. The first-order chi connectivity index (χ1) is 19.7. The van der Waals surface area contributed by atoms with Crippen molar-refractivity contribution in [1.29, 1.82) is 0 Å². The Hall–Kier alpha value is -2.82. The van der Waals surface area contributed by atoms with E-state index in [9.17, 15) is 14.4 Å². The van der Waals surface area contributed by atoms with Crippen LogP contribution in [0.5, 0.6) is 5.75 Å². The Morgan fingerprint density at radius 1 is 1.02 bits per heavy atom. The van der Waals surface area contributed by atoms with E-state index in [1.54, 1.807) is 31.2 Å². The minimum Gasteiger partial charge on any atom is -0.490 e. The van der Waals surface area contributed by atoms with Crippen molar-refractivity contribution in [2.45, 2.75) is 49.7 Å². The average molecular weight is 704 g/mol. The van der Waals surface area contributed by atoms with Crippen molar-refractivity contribution >= 4 is 69.2 Å². The Labute approximate surface area is 262 Å². The normalized spacial score (nSPS) is 24.1. The number of likely N-dealkylation sites (tertiary alicyclic amines) is 1. The highest BCUT2D eigenvalue weighted by Crippen LogP contribution is 2.55. The van der Waals surface area contributed by atoms with Gasteiger partial charge in [-0.3, -0.25) is 14.4 Å². The van der Waals surface area contributed by atoms with Crippen molar-refractivity contribution in [3.05, 3.63) is 91.0 Å². The lowest BCUT2D eigenvalue weighted by molar-refractivity contribution is -0.132. The molecule has 0 bridgehead atoms. The summed E-state index contributed by atoms with van der Waals surface area (Å²) in [6, 6.07) is 17.8. The average Bonchev–Trinajstić information content (AvgIpc) is 3.21. The van der Waals surface area contributed by atoms with Crippen molar-refractivity contribution in [1.82, 2.24) is 10.2 Å². The number of nitrogens with one attached hydrogen (secondary N) is 2. The molecule has 2 fully saturated rings. The fourth-order valence-electron chi connectivity index (χ4n) is 6.41. The molecule has 2 N–H and O–H groups in total. The second-order valence-electron chi connectivity index (χ2n) is 10.9. The van der Waals surface area contributed by atoms with Crippen LogP contribution >= 0.6 is 45.8 Å². The number of fused-ring (bicyclic) bond motifs is 2. The van der Waals surface area contributed by atoms with Crippen LogP contribution in [0.4, 0.5) is 5.69 Å². The summed E-state index contributed by atoms with van der Waals surface area (Å²) in [5.74, 6) is -0.303. The SMILES string of the molecule is CC(=O)N1CCC(Oc2ccc(I)cc2[C@H]2NC(=O)[C@@H](c3cccc(Cl)c3)C[C@]23C(=O)Nc2cc(Cl)ccc23)CC1. The molecule has 3 aromatic rings. The molecule has 3 heterocycles. The first-order valence-corrected chi connectivity index (χ1v) is 15.4. The fraction of sp³-hybridized carbons (Fsp3) is 0.323. The third-order valence-corrected chi connectivity index (χ3v) is 9.59. The zero-order valence-electron chi connectivity index (χ0n) is 22.3. The molecular formula is C31H28Cl2IN3O4. The second kappa shape index (κ2) is 11.1. The number of hydrogen-bond acceptors (Lipinski definition) is 4. The number of amides is 3. The van der Waals surface area contributed by atoms with Crippen LogP contribution in [-0.2, 0) is 19.8 Å². The van der Waals surface area contributed by atoms with Crippen LogP contribution in [0.15, 0.2) is 60.7 Å². The lowest BCUT2D eigenvalue weighted by Crippen LogP contribution is -2.55. The predicted molar refractivity (Wildman–Crippen MR) is 167 cm³/mol. The van der Waals surface area contributed by atoms with Crippen LogP contribution < -0.4 is 15.4 Å². The minimum absolute atomic E-state index is 0.0607. The quantitative estimate of drug-likeness (QED) is 0.316. The standard InChI is InChI=1S/C31H28Cl2IN3O4/c1-17(38)37-11-9-22(10-12-37)41-27-8-6-21(34)15-23(27)28-31(25-7-5-20(33)14-26(25)35-30(31)40)16-24(29(39)36-28)18-3-2-4-19(32)13-18/h2-8,13-15,22,24,28H,9-12,16H2,1H3,(H,35,40)(H,36,39)/t24-,28-,31-/m1/s1. The summed E-state index contributed by atoms with van der Waals surface area (Å²) in [6.07, 6.45) is 1.55. The van der Waals surface area contributed by atoms with E-state index < -0.39 is 17.4 Å². The van der Waals surface area contributed by atoms with E-state index >= 15 is 0 Å². The molecule has 0 aromatic heterocycles. The molecular weight excluding hydrogens is 676 g/mol. The molecule has 3 atom stereocenters. The Balaban J connectivity index is 1.44. The molecule has 3 aliphatic rings. The molecule has 0 radical (unpaired) electrons. The van der Waals surface area contributed by atoms with Gasteiger partial charge in [-0.05, 0) is 82.6 Å². The number of carbonyl (C=O) groups excluding carboxylic acids is 3. The number of carbonyl (C=O) groups is 3. The maximum absolute atomic E-state index is 14.1. The minimum atomic E-state index is -1.12. The number of piperidine rings is 2. The van der Waals surface area contributed by atoms with Gasteiger partial charge in [0.15, 0.2) is 0 Å². The van der Waals surface area contributed by atoms with Crippen LogP contribution in [0, 0.1) is 3.57 Å². The smallest absolute Gasteiger partial charge is 0.237 e. The Bertz CT molecular complexity index is 1560. The summed E-state index contributed by atoms with van der Waals surface area (Å²) >= 11 is 14.9. The van der Waals surface area contributed by atoms with Gasteiger partial charge in [-0.2, -0.15) is 0 Å². The number of rotatable bonds is 4. The van der Waals surface area contributed by atoms with Crippen LogP contribution in [0.2, 0.25) is 10.0 Å². The summed E-state index contributed by atoms with van der Waals surface area (Å²) in [4.78, 5) is 41.6. The van der Waals surface area contributed by atoms with E-state index in [4.69, 9.17) is 27.9 Å². The number of halogens is 3. The van der Waals surface area contributed by atoms with E-state index in [1.165, 1.54) is 0 Å². The first kappa shape index (κ1) is 28.3. The summed E-state index contributed by atoms with van der Waals surface area (Å²) in [5.41, 5.74) is 1.78. The Morgan fingerprint density at radius 3 is 2.51 bits per heavy atom. The van der Waals surface area contributed by atoms with Crippen molar-refractivity contribution in [3.8, 4) is 5.75 Å². The van der Waals surface area contributed by atoms with Gasteiger partial charge in [0.1, 0.15) is 17.3 Å². The van der Waals surface area contributed by atoms with Crippen molar-refractivity contribution in [3.63, 3.8) is 0 Å². The number of benzene rings is 3. The van der Waals surface area contributed by atoms with Gasteiger partial charge < -0.3 is 20.3 Å². The lowest BCUT2D eigenvalue weighted by Gasteiger charge is -2.44. The Kier molecular flexibility index (Phi) is 7.67. The fourth-order valence-corrected chi connectivity index (χ4v) is 7.30. The van der Waals surface area contributed by atoms with Crippen molar-refractivity contribution in [2.24, 2.45) is 0 Å². The molecule has 0 saturated carbocycles. The van der Waals surface area contributed by atoms with Crippen LogP contribution in [-0.4, -0.2) is 41.8 Å². The molecule has 212 valence electrons. The maximum atomic E-state index is 14.1. The van der Waals surface area contributed by atoms with E-state index in [1.807, 2.05) is 41.3 Å². The van der Waals surface area contributed by atoms with Crippen molar-refractivity contribution in [2.75, 3.05) is 18.4 Å².